The summed E-state index contributed by atoms with van der Waals surface area (Å²) in [6.45, 7) is 2.78. The molecule has 1 N–H and O–H groups in total. The molecule has 0 aromatic heterocycles. The topological polar surface area (TPSA) is 29.1 Å². The molecule has 98 valence electrons. The molecule has 1 fully saturated rings. The molecule has 2 unspecified atom stereocenters. The van der Waals surface area contributed by atoms with Crippen LogP contribution in [0.25, 0.3) is 0 Å². The van der Waals surface area contributed by atoms with Crippen LogP contribution in [-0.2, 0) is 0 Å². The van der Waals surface area contributed by atoms with Crippen LogP contribution in [0.2, 0.25) is 0 Å². The quantitative estimate of drug-likeness (QED) is 0.794. The fourth-order valence-corrected chi connectivity index (χ4v) is 3.36. The van der Waals surface area contributed by atoms with Crippen molar-refractivity contribution in [3.8, 4) is 0 Å². The minimum absolute atomic E-state index is 0.0311. The first-order valence-corrected chi connectivity index (χ1v) is 7.95. The van der Waals surface area contributed by atoms with Crippen LogP contribution in [0.5, 0.6) is 0 Å². The first-order chi connectivity index (χ1) is 8.56. The molecule has 2 atom stereocenters. The average molecular weight is 375 g/mol. The van der Waals surface area contributed by atoms with E-state index in [0.29, 0.717) is 10.7 Å². The van der Waals surface area contributed by atoms with Crippen molar-refractivity contribution >= 4 is 37.8 Å². The Labute approximate surface area is 125 Å². The van der Waals surface area contributed by atoms with E-state index in [1.807, 2.05) is 25.1 Å². The van der Waals surface area contributed by atoms with Gasteiger partial charge >= 0.3 is 0 Å². The van der Waals surface area contributed by atoms with E-state index in [2.05, 4.69) is 37.2 Å². The number of nitrogens with one attached hydrogen (secondary N) is 1. The van der Waals surface area contributed by atoms with Gasteiger partial charge in [0.25, 0.3) is 5.91 Å². The lowest BCUT2D eigenvalue weighted by Crippen LogP contribution is -2.28. The third-order valence-corrected chi connectivity index (χ3v) is 5.17. The Morgan fingerprint density at radius 1 is 1.44 bits per heavy atom. The van der Waals surface area contributed by atoms with E-state index in [9.17, 15) is 4.79 Å². The normalized spacial score (nSPS) is 23.1. The lowest BCUT2D eigenvalue weighted by Gasteiger charge is -2.11. The fourth-order valence-electron chi connectivity index (χ4n) is 2.32. The fraction of sp³-hybridized carbons (Fsp3) is 0.500. The summed E-state index contributed by atoms with van der Waals surface area (Å²) in [5, 5.41) is 3.03. The lowest BCUT2D eigenvalue weighted by molar-refractivity contribution is 0.0947. The number of carbonyl (C=O) groups excluding carboxylic acids is 1. The Kier molecular flexibility index (Phi) is 4.84. The van der Waals surface area contributed by atoms with Crippen LogP contribution in [0.3, 0.4) is 0 Å². The van der Waals surface area contributed by atoms with E-state index in [-0.39, 0.29) is 5.91 Å². The zero-order valence-corrected chi connectivity index (χ0v) is 13.6. The summed E-state index contributed by atoms with van der Waals surface area (Å²) in [4.78, 5) is 12.6. The highest BCUT2D eigenvalue weighted by Gasteiger charge is 2.22. The molecule has 0 bridgehead atoms. The van der Waals surface area contributed by atoms with Crippen molar-refractivity contribution in [3.05, 3.63) is 33.8 Å². The predicted octanol–water partition coefficient (Wildman–Crippen LogP) is 4.05. The van der Waals surface area contributed by atoms with Crippen molar-refractivity contribution in [3.63, 3.8) is 0 Å². The van der Waals surface area contributed by atoms with Crippen molar-refractivity contribution in [2.75, 3.05) is 6.54 Å². The molecular formula is C14H17Br2NO. The minimum Gasteiger partial charge on any atom is -0.352 e. The van der Waals surface area contributed by atoms with Gasteiger partial charge in [-0.2, -0.15) is 0 Å². The van der Waals surface area contributed by atoms with Crippen LogP contribution < -0.4 is 5.32 Å². The van der Waals surface area contributed by atoms with Gasteiger partial charge in [-0.3, -0.25) is 4.79 Å². The number of hydrogen-bond acceptors (Lipinski definition) is 1. The predicted molar refractivity (Wildman–Crippen MR) is 81.3 cm³/mol. The summed E-state index contributed by atoms with van der Waals surface area (Å²) in [5.74, 6) is 0.651. The molecule has 1 saturated carbocycles. The van der Waals surface area contributed by atoms with Gasteiger partial charge < -0.3 is 5.32 Å². The third-order valence-electron chi connectivity index (χ3n) is 3.45. The van der Waals surface area contributed by atoms with Gasteiger partial charge in [-0.05, 0) is 55.9 Å². The standard InChI is InChI=1S/C14H17Br2NO/c1-9-6-11(3-5-13(9)16)14(18)17-8-10-2-4-12(15)7-10/h3,5-6,10,12H,2,4,7-8H2,1H3,(H,17,18). The zero-order valence-electron chi connectivity index (χ0n) is 10.4. The number of hydrogen-bond donors (Lipinski definition) is 1. The van der Waals surface area contributed by atoms with E-state index in [1.54, 1.807) is 0 Å². The summed E-state index contributed by atoms with van der Waals surface area (Å²) in [5.41, 5.74) is 1.83. The van der Waals surface area contributed by atoms with Crippen molar-refractivity contribution in [1.82, 2.24) is 5.32 Å². The number of carbonyl (C=O) groups is 1. The number of amides is 1. The zero-order chi connectivity index (χ0) is 13.1. The van der Waals surface area contributed by atoms with E-state index >= 15 is 0 Å². The Morgan fingerprint density at radius 3 is 2.83 bits per heavy atom. The Bertz CT molecular complexity index is 447. The first-order valence-electron chi connectivity index (χ1n) is 6.24. The second-order valence-corrected chi connectivity index (χ2v) is 7.10. The lowest BCUT2D eigenvalue weighted by atomic mass is 10.1. The molecule has 2 nitrogen and oxygen atoms in total. The molecule has 0 saturated heterocycles. The summed E-state index contributed by atoms with van der Waals surface area (Å²) in [7, 11) is 0. The van der Waals surface area contributed by atoms with Gasteiger partial charge in [-0.15, -0.1) is 0 Å². The summed E-state index contributed by atoms with van der Waals surface area (Å²) in [6, 6.07) is 5.70. The second-order valence-electron chi connectivity index (χ2n) is 4.95. The van der Waals surface area contributed by atoms with Gasteiger partial charge in [0.2, 0.25) is 0 Å². The Balaban J connectivity index is 1.89. The van der Waals surface area contributed by atoms with E-state index in [4.69, 9.17) is 0 Å². The Morgan fingerprint density at radius 2 is 2.22 bits per heavy atom. The molecule has 18 heavy (non-hydrogen) atoms. The molecule has 1 amide bonds. The van der Waals surface area contributed by atoms with E-state index in [0.717, 1.165) is 22.1 Å². The third kappa shape index (κ3) is 3.58. The van der Waals surface area contributed by atoms with E-state index < -0.39 is 0 Å². The van der Waals surface area contributed by atoms with Gasteiger partial charge in [0.05, 0.1) is 0 Å². The summed E-state index contributed by atoms with van der Waals surface area (Å²) < 4.78 is 1.04. The van der Waals surface area contributed by atoms with Crippen LogP contribution >= 0.6 is 31.9 Å². The molecule has 0 radical (unpaired) electrons. The number of aryl methyl sites for hydroxylation is 1. The van der Waals surface area contributed by atoms with Gasteiger partial charge in [0, 0.05) is 21.4 Å². The van der Waals surface area contributed by atoms with Crippen LogP contribution in [0.1, 0.15) is 35.2 Å². The van der Waals surface area contributed by atoms with Crippen LogP contribution in [-0.4, -0.2) is 17.3 Å². The highest BCUT2D eigenvalue weighted by Crippen LogP contribution is 2.30. The van der Waals surface area contributed by atoms with Crippen molar-refractivity contribution in [2.24, 2.45) is 5.92 Å². The van der Waals surface area contributed by atoms with Crippen LogP contribution in [0.15, 0.2) is 22.7 Å². The van der Waals surface area contributed by atoms with Gasteiger partial charge in [0.15, 0.2) is 0 Å². The molecule has 4 heteroatoms. The van der Waals surface area contributed by atoms with Gasteiger partial charge in [-0.25, -0.2) is 0 Å². The average Bonchev–Trinajstić information content (AvgIpc) is 2.75. The molecule has 0 aliphatic heterocycles. The minimum atomic E-state index is 0.0311. The van der Waals surface area contributed by atoms with Crippen molar-refractivity contribution in [2.45, 2.75) is 31.0 Å². The van der Waals surface area contributed by atoms with E-state index in [1.165, 1.54) is 19.3 Å². The Hall–Kier alpha value is -0.350. The number of halogens is 2. The molecular weight excluding hydrogens is 358 g/mol. The van der Waals surface area contributed by atoms with Gasteiger partial charge in [-0.1, -0.05) is 31.9 Å². The molecule has 1 aromatic rings. The number of alkyl halides is 1. The van der Waals surface area contributed by atoms with Crippen molar-refractivity contribution < 1.29 is 4.79 Å². The maximum absolute atomic E-state index is 12.0. The maximum atomic E-state index is 12.0. The molecule has 0 spiro atoms. The summed E-state index contributed by atoms with van der Waals surface area (Å²) in [6.07, 6.45) is 3.59. The highest BCUT2D eigenvalue weighted by atomic mass is 79.9. The molecule has 1 aliphatic carbocycles. The largest absolute Gasteiger partial charge is 0.352 e. The smallest absolute Gasteiger partial charge is 0.251 e. The molecule has 2 rings (SSSR count). The van der Waals surface area contributed by atoms with Crippen LogP contribution in [0.4, 0.5) is 0 Å². The van der Waals surface area contributed by atoms with Crippen LogP contribution in [0, 0.1) is 12.8 Å². The SMILES string of the molecule is Cc1cc(C(=O)NCC2CCC(Br)C2)ccc1Br. The second kappa shape index (κ2) is 6.20. The number of benzene rings is 1. The first kappa shape index (κ1) is 14.1. The molecule has 1 aromatic carbocycles. The summed E-state index contributed by atoms with van der Waals surface area (Å²) >= 11 is 7.07. The monoisotopic (exact) mass is 373 g/mol. The number of rotatable bonds is 3. The maximum Gasteiger partial charge on any atom is 0.251 e. The van der Waals surface area contributed by atoms with Gasteiger partial charge in [0.1, 0.15) is 0 Å². The molecule has 1 aliphatic rings. The highest BCUT2D eigenvalue weighted by molar-refractivity contribution is 9.10. The van der Waals surface area contributed by atoms with Crippen molar-refractivity contribution in [1.29, 1.82) is 0 Å². The molecule has 0 heterocycles.